The normalized spacial score (nSPS) is 24.4. The maximum atomic E-state index is 12.2. The van der Waals surface area contributed by atoms with Crippen molar-refractivity contribution in [2.75, 3.05) is 20.3 Å². The second-order valence-corrected chi connectivity index (χ2v) is 4.25. The van der Waals surface area contributed by atoms with Crippen LogP contribution in [0.15, 0.2) is 24.3 Å². The second-order valence-electron chi connectivity index (χ2n) is 4.25. The molecule has 1 aliphatic rings. The molecule has 4 nitrogen and oxygen atoms in total. The molecule has 0 radical (unpaired) electrons. The van der Waals surface area contributed by atoms with E-state index >= 15 is 0 Å². The van der Waals surface area contributed by atoms with Crippen LogP contribution in [0.5, 0.6) is 5.75 Å². The first-order valence-corrected chi connectivity index (χ1v) is 5.65. The van der Waals surface area contributed by atoms with Crippen LogP contribution in [0, 0.1) is 0 Å². The van der Waals surface area contributed by atoms with Crippen LogP contribution < -0.4 is 4.74 Å². The van der Waals surface area contributed by atoms with Crippen LogP contribution in [-0.4, -0.2) is 36.8 Å². The molecule has 0 spiro atoms. The average Bonchev–Trinajstić information content (AvgIpc) is 2.39. The van der Waals surface area contributed by atoms with Crippen LogP contribution >= 0.6 is 0 Å². The van der Waals surface area contributed by atoms with E-state index in [1.54, 1.807) is 31.4 Å². The maximum absolute atomic E-state index is 12.2. The smallest absolute Gasteiger partial charge is 0.196 e. The van der Waals surface area contributed by atoms with Crippen molar-refractivity contribution in [2.45, 2.75) is 18.4 Å². The number of carbonyl (C=O) groups excluding carboxylic acids is 1. The summed E-state index contributed by atoms with van der Waals surface area (Å²) in [4.78, 5) is 12.2. The molecule has 17 heavy (non-hydrogen) atoms. The number of ether oxygens (including phenoxy) is 2. The topological polar surface area (TPSA) is 55.8 Å². The predicted molar refractivity (Wildman–Crippen MR) is 62.3 cm³/mol. The molecule has 0 aromatic heterocycles. The summed E-state index contributed by atoms with van der Waals surface area (Å²) in [6.45, 7) is 0.691. The Labute approximate surface area is 100 Å². The van der Waals surface area contributed by atoms with E-state index < -0.39 is 5.60 Å². The summed E-state index contributed by atoms with van der Waals surface area (Å²) in [7, 11) is 1.57. The van der Waals surface area contributed by atoms with Crippen molar-refractivity contribution < 1.29 is 19.4 Å². The van der Waals surface area contributed by atoms with Gasteiger partial charge in [0, 0.05) is 12.2 Å². The fraction of sp³-hybridized carbons (Fsp3) is 0.462. The van der Waals surface area contributed by atoms with Crippen molar-refractivity contribution in [3.63, 3.8) is 0 Å². The Balaban J connectivity index is 2.17. The van der Waals surface area contributed by atoms with Crippen molar-refractivity contribution in [2.24, 2.45) is 0 Å². The van der Waals surface area contributed by atoms with Gasteiger partial charge in [-0.3, -0.25) is 4.79 Å². The van der Waals surface area contributed by atoms with Gasteiger partial charge in [-0.15, -0.1) is 0 Å². The lowest BCUT2D eigenvalue weighted by molar-refractivity contribution is -0.0622. The Hall–Kier alpha value is -1.39. The fourth-order valence-electron chi connectivity index (χ4n) is 1.97. The fourth-order valence-corrected chi connectivity index (χ4v) is 1.97. The highest BCUT2D eigenvalue weighted by atomic mass is 16.5. The molecule has 1 unspecified atom stereocenters. The van der Waals surface area contributed by atoms with Gasteiger partial charge < -0.3 is 14.6 Å². The van der Waals surface area contributed by atoms with E-state index in [9.17, 15) is 9.90 Å². The minimum atomic E-state index is -1.37. The molecule has 1 N–H and O–H groups in total. The number of hydrogen-bond acceptors (Lipinski definition) is 4. The number of carbonyl (C=O) groups is 1. The average molecular weight is 236 g/mol. The van der Waals surface area contributed by atoms with Crippen LogP contribution in [-0.2, 0) is 4.74 Å². The van der Waals surface area contributed by atoms with Gasteiger partial charge in [0.2, 0.25) is 0 Å². The molecule has 1 aromatic carbocycles. The van der Waals surface area contributed by atoms with Gasteiger partial charge in [0.1, 0.15) is 5.75 Å². The molecule has 1 fully saturated rings. The summed E-state index contributed by atoms with van der Waals surface area (Å²) < 4.78 is 10.2. The number of Topliss-reactive ketones (excluding diaryl/α,β-unsaturated/α-hetero) is 1. The Morgan fingerprint density at radius 1 is 1.41 bits per heavy atom. The summed E-state index contributed by atoms with van der Waals surface area (Å²) >= 11 is 0. The lowest BCUT2D eigenvalue weighted by atomic mass is 9.88. The number of methoxy groups -OCH3 is 1. The summed E-state index contributed by atoms with van der Waals surface area (Å²) in [5, 5.41) is 10.2. The van der Waals surface area contributed by atoms with Gasteiger partial charge in [-0.05, 0) is 37.1 Å². The number of ketones is 1. The van der Waals surface area contributed by atoms with E-state index in [4.69, 9.17) is 9.47 Å². The largest absolute Gasteiger partial charge is 0.497 e. The van der Waals surface area contributed by atoms with Crippen molar-refractivity contribution in [1.82, 2.24) is 0 Å². The third-order valence-corrected chi connectivity index (χ3v) is 2.99. The summed E-state index contributed by atoms with van der Waals surface area (Å²) in [6, 6.07) is 6.74. The number of rotatable bonds is 3. The van der Waals surface area contributed by atoms with Crippen LogP contribution in [0.4, 0.5) is 0 Å². The first-order valence-electron chi connectivity index (χ1n) is 5.65. The van der Waals surface area contributed by atoms with E-state index in [0.29, 0.717) is 30.8 Å². The monoisotopic (exact) mass is 236 g/mol. The molecule has 92 valence electrons. The summed E-state index contributed by atoms with van der Waals surface area (Å²) in [5.41, 5.74) is -0.883. The molecule has 1 aliphatic heterocycles. The predicted octanol–water partition coefficient (Wildman–Crippen LogP) is 1.42. The zero-order valence-electron chi connectivity index (χ0n) is 9.81. The summed E-state index contributed by atoms with van der Waals surface area (Å²) in [6.07, 6.45) is 1.16. The summed E-state index contributed by atoms with van der Waals surface area (Å²) in [5.74, 6) is 0.410. The van der Waals surface area contributed by atoms with Crippen LogP contribution in [0.25, 0.3) is 0 Å². The van der Waals surface area contributed by atoms with Gasteiger partial charge in [0.05, 0.1) is 13.7 Å². The molecule has 0 amide bonds. The quantitative estimate of drug-likeness (QED) is 0.806. The Morgan fingerprint density at radius 2 is 2.12 bits per heavy atom. The highest BCUT2D eigenvalue weighted by Crippen LogP contribution is 2.24. The van der Waals surface area contributed by atoms with E-state index in [2.05, 4.69) is 0 Å². The van der Waals surface area contributed by atoms with E-state index in [0.717, 1.165) is 0 Å². The van der Waals surface area contributed by atoms with Gasteiger partial charge >= 0.3 is 0 Å². The molecular weight excluding hydrogens is 220 g/mol. The van der Waals surface area contributed by atoms with Gasteiger partial charge in [-0.2, -0.15) is 0 Å². The zero-order chi connectivity index (χ0) is 12.3. The second kappa shape index (κ2) is 4.85. The first kappa shape index (κ1) is 12.1. The van der Waals surface area contributed by atoms with E-state index in [1.807, 2.05) is 0 Å². The van der Waals surface area contributed by atoms with Crippen molar-refractivity contribution in [3.8, 4) is 5.75 Å². The molecule has 1 aromatic rings. The third kappa shape index (κ3) is 2.48. The van der Waals surface area contributed by atoms with Gasteiger partial charge in [0.25, 0.3) is 0 Å². The highest BCUT2D eigenvalue weighted by molar-refractivity contribution is 6.02. The van der Waals surface area contributed by atoms with Crippen LogP contribution in [0.1, 0.15) is 23.2 Å². The Kier molecular flexibility index (Phi) is 3.45. The molecule has 0 bridgehead atoms. The third-order valence-electron chi connectivity index (χ3n) is 2.99. The van der Waals surface area contributed by atoms with Crippen molar-refractivity contribution in [1.29, 1.82) is 0 Å². The van der Waals surface area contributed by atoms with E-state index in [1.165, 1.54) is 0 Å². The Bertz CT molecular complexity index is 390. The minimum Gasteiger partial charge on any atom is -0.497 e. The molecular formula is C13H16O4. The van der Waals surface area contributed by atoms with E-state index in [-0.39, 0.29) is 12.4 Å². The lowest BCUT2D eigenvalue weighted by Gasteiger charge is -2.30. The molecule has 0 aliphatic carbocycles. The maximum Gasteiger partial charge on any atom is 0.196 e. The highest BCUT2D eigenvalue weighted by Gasteiger charge is 2.38. The molecule has 2 rings (SSSR count). The number of aliphatic hydroxyl groups is 1. The van der Waals surface area contributed by atoms with Gasteiger partial charge in [0.15, 0.2) is 11.4 Å². The molecule has 4 heteroatoms. The number of benzene rings is 1. The van der Waals surface area contributed by atoms with Crippen molar-refractivity contribution >= 4 is 5.78 Å². The standard InChI is InChI=1S/C13H16O4/c1-16-11-5-3-10(4-6-11)12(14)13(15)7-2-8-17-9-13/h3-6,15H,2,7-9H2,1H3. The zero-order valence-corrected chi connectivity index (χ0v) is 9.81. The van der Waals surface area contributed by atoms with Crippen molar-refractivity contribution in [3.05, 3.63) is 29.8 Å². The number of hydrogen-bond donors (Lipinski definition) is 1. The molecule has 1 heterocycles. The van der Waals surface area contributed by atoms with Crippen LogP contribution in [0.2, 0.25) is 0 Å². The SMILES string of the molecule is COc1ccc(C(=O)C2(O)CCCOC2)cc1. The molecule has 1 saturated heterocycles. The molecule has 1 atom stereocenters. The molecule has 0 saturated carbocycles. The lowest BCUT2D eigenvalue weighted by Crippen LogP contribution is -2.46. The van der Waals surface area contributed by atoms with Gasteiger partial charge in [-0.25, -0.2) is 0 Å². The minimum absolute atomic E-state index is 0.0812. The van der Waals surface area contributed by atoms with Crippen LogP contribution in [0.3, 0.4) is 0 Å². The van der Waals surface area contributed by atoms with Gasteiger partial charge in [-0.1, -0.05) is 0 Å². The first-order chi connectivity index (χ1) is 8.15. The Morgan fingerprint density at radius 3 is 2.65 bits per heavy atom.